The monoisotopic (exact) mass is 152 g/mol. The summed E-state index contributed by atoms with van der Waals surface area (Å²) in [6, 6.07) is 4.33. The minimum atomic E-state index is -0.299. The summed E-state index contributed by atoms with van der Waals surface area (Å²) < 4.78 is 17.5. The highest BCUT2D eigenvalue weighted by Crippen LogP contribution is 2.19. The van der Waals surface area contributed by atoms with Crippen LogP contribution in [-0.4, -0.2) is 7.11 Å². The number of ether oxygens (including phenoxy) is 1. The van der Waals surface area contributed by atoms with Crippen molar-refractivity contribution in [2.45, 2.75) is 0 Å². The zero-order valence-electron chi connectivity index (χ0n) is 6.30. The highest BCUT2D eigenvalue weighted by molar-refractivity contribution is 5.55. The Hall–Kier alpha value is -1.31. The Labute approximate surface area is 65.1 Å². The van der Waals surface area contributed by atoms with E-state index in [0.717, 1.165) is 5.56 Å². The summed E-state index contributed by atoms with van der Waals surface area (Å²) in [7, 11) is 1.50. The van der Waals surface area contributed by atoms with Crippen molar-refractivity contribution in [2.75, 3.05) is 7.11 Å². The standard InChI is InChI=1S/C9H9FO/c1-3-7-4-5-8(10)6-9(7)11-2/h3-6H,1H2,2H3. The minimum absolute atomic E-state index is 0.299. The number of methoxy groups -OCH3 is 1. The van der Waals surface area contributed by atoms with Crippen LogP contribution in [-0.2, 0) is 0 Å². The van der Waals surface area contributed by atoms with Crippen LogP contribution in [0.1, 0.15) is 5.56 Å². The van der Waals surface area contributed by atoms with Crippen molar-refractivity contribution in [3.05, 3.63) is 36.2 Å². The van der Waals surface area contributed by atoms with Crippen LogP contribution in [0.4, 0.5) is 4.39 Å². The fourth-order valence-corrected chi connectivity index (χ4v) is 0.854. The van der Waals surface area contributed by atoms with E-state index in [4.69, 9.17) is 4.74 Å². The SMILES string of the molecule is C=Cc1ccc(F)cc1OC. The Morgan fingerprint density at radius 1 is 1.55 bits per heavy atom. The molecule has 0 saturated carbocycles. The van der Waals surface area contributed by atoms with E-state index in [-0.39, 0.29) is 5.82 Å². The third kappa shape index (κ3) is 1.58. The normalized spacial score (nSPS) is 9.27. The first kappa shape index (κ1) is 7.79. The van der Waals surface area contributed by atoms with Crippen molar-refractivity contribution in [2.24, 2.45) is 0 Å². The van der Waals surface area contributed by atoms with Crippen molar-refractivity contribution in [3.8, 4) is 5.75 Å². The number of hydrogen-bond donors (Lipinski definition) is 0. The molecule has 11 heavy (non-hydrogen) atoms. The molecule has 0 aliphatic heterocycles. The van der Waals surface area contributed by atoms with Gasteiger partial charge < -0.3 is 4.74 Å². The molecule has 1 aromatic carbocycles. The zero-order valence-corrected chi connectivity index (χ0v) is 6.30. The van der Waals surface area contributed by atoms with Gasteiger partial charge in [-0.05, 0) is 12.1 Å². The van der Waals surface area contributed by atoms with Gasteiger partial charge >= 0.3 is 0 Å². The maximum absolute atomic E-state index is 12.6. The second kappa shape index (κ2) is 3.19. The number of rotatable bonds is 2. The lowest BCUT2D eigenvalue weighted by Gasteiger charge is -2.02. The van der Waals surface area contributed by atoms with Gasteiger partial charge in [-0.25, -0.2) is 4.39 Å². The molecular weight excluding hydrogens is 143 g/mol. The highest BCUT2D eigenvalue weighted by Gasteiger charge is 1.99. The molecule has 0 bridgehead atoms. The van der Waals surface area contributed by atoms with Crippen LogP contribution in [0.3, 0.4) is 0 Å². The van der Waals surface area contributed by atoms with Gasteiger partial charge in [-0.3, -0.25) is 0 Å². The summed E-state index contributed by atoms with van der Waals surface area (Å²) in [5, 5.41) is 0. The van der Waals surface area contributed by atoms with Crippen molar-refractivity contribution >= 4 is 6.08 Å². The Kier molecular flexibility index (Phi) is 2.26. The molecule has 0 heterocycles. The first-order chi connectivity index (χ1) is 5.27. The Morgan fingerprint density at radius 3 is 2.82 bits per heavy atom. The second-order valence-corrected chi connectivity index (χ2v) is 2.09. The molecule has 0 aliphatic rings. The molecule has 1 nitrogen and oxygen atoms in total. The fourth-order valence-electron chi connectivity index (χ4n) is 0.854. The predicted molar refractivity (Wildman–Crippen MR) is 43.0 cm³/mol. The van der Waals surface area contributed by atoms with Crippen LogP contribution in [0, 0.1) is 5.82 Å². The predicted octanol–water partition coefficient (Wildman–Crippen LogP) is 2.48. The molecule has 0 fully saturated rings. The average Bonchev–Trinajstić information content (AvgIpc) is 2.04. The lowest BCUT2D eigenvalue weighted by molar-refractivity contribution is 0.410. The molecule has 0 aromatic heterocycles. The summed E-state index contributed by atoms with van der Waals surface area (Å²) in [6.07, 6.45) is 1.62. The third-order valence-corrected chi connectivity index (χ3v) is 1.42. The van der Waals surface area contributed by atoms with Crippen LogP contribution in [0.5, 0.6) is 5.75 Å². The summed E-state index contributed by atoms with van der Waals surface area (Å²) >= 11 is 0. The summed E-state index contributed by atoms with van der Waals surface area (Å²) in [6.45, 7) is 3.57. The summed E-state index contributed by atoms with van der Waals surface area (Å²) in [5.74, 6) is 0.215. The van der Waals surface area contributed by atoms with Gasteiger partial charge in [-0.2, -0.15) is 0 Å². The van der Waals surface area contributed by atoms with Gasteiger partial charge in [0.25, 0.3) is 0 Å². The van der Waals surface area contributed by atoms with Crippen LogP contribution in [0.2, 0.25) is 0 Å². The van der Waals surface area contributed by atoms with Gasteiger partial charge in [0.1, 0.15) is 11.6 Å². The van der Waals surface area contributed by atoms with E-state index in [1.165, 1.54) is 19.2 Å². The highest BCUT2D eigenvalue weighted by atomic mass is 19.1. The number of benzene rings is 1. The first-order valence-electron chi connectivity index (χ1n) is 3.24. The van der Waals surface area contributed by atoms with Gasteiger partial charge in [-0.1, -0.05) is 12.7 Å². The fraction of sp³-hybridized carbons (Fsp3) is 0.111. The van der Waals surface area contributed by atoms with Crippen molar-refractivity contribution in [1.29, 1.82) is 0 Å². The Bertz CT molecular complexity index is 268. The van der Waals surface area contributed by atoms with Gasteiger partial charge in [-0.15, -0.1) is 0 Å². The average molecular weight is 152 g/mol. The lowest BCUT2D eigenvalue weighted by Crippen LogP contribution is -1.87. The Balaban J connectivity index is 3.16. The van der Waals surface area contributed by atoms with E-state index >= 15 is 0 Å². The van der Waals surface area contributed by atoms with E-state index in [1.807, 2.05) is 0 Å². The number of hydrogen-bond acceptors (Lipinski definition) is 1. The van der Waals surface area contributed by atoms with E-state index < -0.39 is 0 Å². The van der Waals surface area contributed by atoms with Crippen LogP contribution < -0.4 is 4.74 Å². The largest absolute Gasteiger partial charge is 0.496 e. The first-order valence-corrected chi connectivity index (χ1v) is 3.24. The van der Waals surface area contributed by atoms with Gasteiger partial charge in [0, 0.05) is 11.6 Å². The van der Waals surface area contributed by atoms with Crippen LogP contribution >= 0.6 is 0 Å². The van der Waals surface area contributed by atoms with Gasteiger partial charge in [0.15, 0.2) is 0 Å². The molecule has 2 heteroatoms. The summed E-state index contributed by atoms with van der Waals surface area (Å²) in [5.41, 5.74) is 0.800. The van der Waals surface area contributed by atoms with E-state index in [9.17, 15) is 4.39 Å². The van der Waals surface area contributed by atoms with Crippen molar-refractivity contribution < 1.29 is 9.13 Å². The van der Waals surface area contributed by atoms with Gasteiger partial charge in [0.05, 0.1) is 7.11 Å². The molecule has 0 radical (unpaired) electrons. The molecule has 0 aliphatic carbocycles. The third-order valence-electron chi connectivity index (χ3n) is 1.42. The molecule has 1 aromatic rings. The molecule has 0 unspecified atom stereocenters. The van der Waals surface area contributed by atoms with E-state index in [2.05, 4.69) is 6.58 Å². The molecule has 0 amide bonds. The Morgan fingerprint density at radius 2 is 2.27 bits per heavy atom. The maximum atomic E-state index is 12.6. The molecule has 0 saturated heterocycles. The molecule has 0 atom stereocenters. The second-order valence-electron chi connectivity index (χ2n) is 2.09. The molecule has 0 spiro atoms. The van der Waals surface area contributed by atoms with Crippen molar-refractivity contribution in [1.82, 2.24) is 0 Å². The zero-order chi connectivity index (χ0) is 8.27. The minimum Gasteiger partial charge on any atom is -0.496 e. The number of halogens is 1. The van der Waals surface area contributed by atoms with E-state index in [1.54, 1.807) is 12.1 Å². The lowest BCUT2D eigenvalue weighted by atomic mass is 10.2. The quantitative estimate of drug-likeness (QED) is 0.632. The van der Waals surface area contributed by atoms with Gasteiger partial charge in [0.2, 0.25) is 0 Å². The smallest absolute Gasteiger partial charge is 0.128 e. The molecule has 0 N–H and O–H groups in total. The van der Waals surface area contributed by atoms with Crippen LogP contribution in [0.15, 0.2) is 24.8 Å². The summed E-state index contributed by atoms with van der Waals surface area (Å²) in [4.78, 5) is 0. The topological polar surface area (TPSA) is 9.23 Å². The molecular formula is C9H9FO. The maximum Gasteiger partial charge on any atom is 0.128 e. The van der Waals surface area contributed by atoms with Crippen molar-refractivity contribution in [3.63, 3.8) is 0 Å². The molecule has 58 valence electrons. The van der Waals surface area contributed by atoms with Crippen LogP contribution in [0.25, 0.3) is 6.08 Å². The van der Waals surface area contributed by atoms with E-state index in [0.29, 0.717) is 5.75 Å². The molecule has 1 rings (SSSR count).